The number of alkyl halides is 1. The fourth-order valence-electron chi connectivity index (χ4n) is 6.75. The molecule has 2 amide bonds. The SMILES string of the molecule is CC(/C=C\C=C(\Cl)CF)[C@H]1[C@H](C(=O)N[C@H]2CC[C@H](O)CC2)N[C@H](CC(C)(C)C)[C@]12C(=O)Nc1cc(Cl)ccc12. The second-order valence-electron chi connectivity index (χ2n) is 12.5. The van der Waals surface area contributed by atoms with Gasteiger partial charge in [-0.2, -0.15) is 0 Å². The highest BCUT2D eigenvalue weighted by atomic mass is 35.5. The lowest BCUT2D eigenvalue weighted by Crippen LogP contribution is -2.52. The zero-order chi connectivity index (χ0) is 28.5. The van der Waals surface area contributed by atoms with E-state index in [0.29, 0.717) is 42.8 Å². The average Bonchev–Trinajstić information content (AvgIpc) is 3.34. The molecule has 214 valence electrons. The molecule has 1 aromatic rings. The number of allylic oxidation sites excluding steroid dienone is 4. The molecule has 2 heterocycles. The maximum absolute atomic E-state index is 14.1. The molecule has 0 radical (unpaired) electrons. The largest absolute Gasteiger partial charge is 0.393 e. The van der Waals surface area contributed by atoms with E-state index in [0.717, 1.165) is 5.56 Å². The number of hydrogen-bond donors (Lipinski definition) is 4. The summed E-state index contributed by atoms with van der Waals surface area (Å²) in [5, 5.41) is 20.4. The van der Waals surface area contributed by atoms with E-state index in [-0.39, 0.29) is 46.4 Å². The smallest absolute Gasteiger partial charge is 0.237 e. The van der Waals surface area contributed by atoms with Crippen LogP contribution in [0.4, 0.5) is 10.1 Å². The Morgan fingerprint density at radius 1 is 1.28 bits per heavy atom. The van der Waals surface area contributed by atoms with Crippen LogP contribution in [-0.2, 0) is 15.0 Å². The van der Waals surface area contributed by atoms with Crippen molar-refractivity contribution in [1.29, 1.82) is 0 Å². The molecule has 1 saturated heterocycles. The molecule has 1 unspecified atom stereocenters. The molecule has 1 spiro atoms. The summed E-state index contributed by atoms with van der Waals surface area (Å²) in [6.07, 6.45) is 8.16. The van der Waals surface area contributed by atoms with E-state index in [1.807, 2.05) is 19.1 Å². The number of carbonyl (C=O) groups excluding carboxylic acids is 2. The summed E-state index contributed by atoms with van der Waals surface area (Å²) in [6.45, 7) is 7.60. The Kier molecular flexibility index (Phi) is 9.16. The van der Waals surface area contributed by atoms with E-state index in [1.165, 1.54) is 6.08 Å². The van der Waals surface area contributed by atoms with Gasteiger partial charge in [0.2, 0.25) is 11.8 Å². The number of fused-ring (bicyclic) bond motifs is 2. The molecule has 4 rings (SSSR count). The fourth-order valence-corrected chi connectivity index (χ4v) is 7.00. The standard InChI is InChI=1S/C30H40Cl2FN3O3/c1-17(6-5-7-19(32)16-33)25-26(27(38)34-20-9-11-21(37)12-10-20)36-24(15-29(2,3)4)30(25)22-13-8-18(31)14-23(22)35-28(30)39/h5-8,13-14,17,20-21,24-26,36-37H,9-12,15-16H2,1-4H3,(H,34,38)(H,35,39)/b6-5-,19-7+/t17?,20-,21-,24-,25+,26-,30+/m1/s1. The summed E-state index contributed by atoms with van der Waals surface area (Å²) in [7, 11) is 0. The zero-order valence-electron chi connectivity index (χ0n) is 23.1. The third kappa shape index (κ3) is 6.22. The van der Waals surface area contributed by atoms with Crippen LogP contribution in [0.3, 0.4) is 0 Å². The average molecular weight is 581 g/mol. The zero-order valence-corrected chi connectivity index (χ0v) is 24.6. The Morgan fingerprint density at radius 2 is 1.97 bits per heavy atom. The molecule has 3 aliphatic rings. The summed E-state index contributed by atoms with van der Waals surface area (Å²) < 4.78 is 12.9. The Morgan fingerprint density at radius 3 is 2.62 bits per heavy atom. The van der Waals surface area contributed by atoms with Gasteiger partial charge in [0.1, 0.15) is 6.67 Å². The van der Waals surface area contributed by atoms with E-state index in [2.05, 4.69) is 36.7 Å². The summed E-state index contributed by atoms with van der Waals surface area (Å²) in [5.74, 6) is -1.00. The Hall–Kier alpha value is -1.93. The van der Waals surface area contributed by atoms with Crippen LogP contribution in [-0.4, -0.2) is 47.8 Å². The predicted octanol–water partition coefficient (Wildman–Crippen LogP) is 5.63. The molecule has 1 saturated carbocycles. The van der Waals surface area contributed by atoms with Gasteiger partial charge in [0.15, 0.2) is 0 Å². The molecule has 5 atom stereocenters. The third-order valence-electron chi connectivity index (χ3n) is 8.39. The number of benzene rings is 1. The minimum atomic E-state index is -1.03. The van der Waals surface area contributed by atoms with Crippen molar-refractivity contribution in [3.63, 3.8) is 0 Å². The number of amides is 2. The molecule has 39 heavy (non-hydrogen) atoms. The maximum Gasteiger partial charge on any atom is 0.237 e. The van der Waals surface area contributed by atoms with Crippen LogP contribution in [0.2, 0.25) is 5.02 Å². The normalized spacial score (nSPS) is 31.9. The third-order valence-corrected chi connectivity index (χ3v) is 8.86. The first-order chi connectivity index (χ1) is 18.4. The number of hydrogen-bond acceptors (Lipinski definition) is 4. The number of anilines is 1. The quantitative estimate of drug-likeness (QED) is 0.315. The van der Waals surface area contributed by atoms with Gasteiger partial charge in [0.25, 0.3) is 0 Å². The summed E-state index contributed by atoms with van der Waals surface area (Å²) in [5.41, 5.74) is 0.329. The van der Waals surface area contributed by atoms with Crippen molar-refractivity contribution < 1.29 is 19.1 Å². The van der Waals surface area contributed by atoms with Gasteiger partial charge < -0.3 is 21.1 Å². The fraction of sp³-hybridized carbons (Fsp3) is 0.600. The van der Waals surface area contributed by atoms with Crippen molar-refractivity contribution in [3.05, 3.63) is 52.0 Å². The number of aliphatic hydroxyl groups is 1. The molecule has 6 nitrogen and oxygen atoms in total. The Bertz CT molecular complexity index is 1140. The molecule has 4 N–H and O–H groups in total. The van der Waals surface area contributed by atoms with Crippen LogP contribution < -0.4 is 16.0 Å². The molecule has 2 fully saturated rings. The van der Waals surface area contributed by atoms with Crippen LogP contribution in [0.15, 0.2) is 41.5 Å². The van der Waals surface area contributed by atoms with Gasteiger partial charge in [0.05, 0.1) is 17.6 Å². The van der Waals surface area contributed by atoms with Crippen LogP contribution >= 0.6 is 23.2 Å². The van der Waals surface area contributed by atoms with Crippen molar-refractivity contribution in [1.82, 2.24) is 10.6 Å². The van der Waals surface area contributed by atoms with Gasteiger partial charge in [-0.15, -0.1) is 0 Å². The highest BCUT2D eigenvalue weighted by Crippen LogP contribution is 2.55. The number of rotatable bonds is 7. The van der Waals surface area contributed by atoms with Gasteiger partial charge >= 0.3 is 0 Å². The van der Waals surface area contributed by atoms with Crippen molar-refractivity contribution in [2.24, 2.45) is 17.3 Å². The van der Waals surface area contributed by atoms with E-state index in [1.54, 1.807) is 18.2 Å². The lowest BCUT2D eigenvalue weighted by molar-refractivity contribution is -0.126. The monoisotopic (exact) mass is 579 g/mol. The maximum atomic E-state index is 14.1. The minimum Gasteiger partial charge on any atom is -0.393 e. The predicted molar refractivity (Wildman–Crippen MR) is 155 cm³/mol. The number of nitrogens with one attached hydrogen (secondary N) is 3. The lowest BCUT2D eigenvalue weighted by atomic mass is 9.61. The molecule has 0 bridgehead atoms. The molecular weight excluding hydrogens is 540 g/mol. The van der Waals surface area contributed by atoms with E-state index in [4.69, 9.17) is 23.2 Å². The van der Waals surface area contributed by atoms with Gasteiger partial charge in [-0.05, 0) is 67.2 Å². The molecule has 1 aromatic carbocycles. The van der Waals surface area contributed by atoms with Gasteiger partial charge in [-0.1, -0.05) is 69.1 Å². The topological polar surface area (TPSA) is 90.5 Å². The second kappa shape index (κ2) is 11.9. The molecular formula is C30H40Cl2FN3O3. The van der Waals surface area contributed by atoms with Crippen molar-refractivity contribution >= 4 is 40.7 Å². The Labute approximate surface area is 240 Å². The van der Waals surface area contributed by atoms with E-state index in [9.17, 15) is 19.1 Å². The number of halogens is 3. The number of aliphatic hydroxyl groups excluding tert-OH is 1. The highest BCUT2D eigenvalue weighted by Gasteiger charge is 2.66. The highest BCUT2D eigenvalue weighted by molar-refractivity contribution is 6.31. The first-order valence-corrected chi connectivity index (χ1v) is 14.6. The molecule has 9 heteroatoms. The lowest BCUT2D eigenvalue weighted by Gasteiger charge is -2.39. The second-order valence-corrected chi connectivity index (χ2v) is 13.4. The summed E-state index contributed by atoms with van der Waals surface area (Å²) in [4.78, 5) is 28.1. The van der Waals surface area contributed by atoms with Crippen LogP contribution in [0.1, 0.15) is 65.4 Å². The van der Waals surface area contributed by atoms with Crippen molar-refractivity contribution in [3.8, 4) is 0 Å². The number of carbonyl (C=O) groups is 2. The van der Waals surface area contributed by atoms with E-state index >= 15 is 0 Å². The van der Waals surface area contributed by atoms with Gasteiger partial charge in [-0.3, -0.25) is 9.59 Å². The Balaban J connectivity index is 1.80. The van der Waals surface area contributed by atoms with Crippen LogP contribution in [0.5, 0.6) is 0 Å². The molecule has 1 aliphatic carbocycles. The molecule has 0 aromatic heterocycles. The minimum absolute atomic E-state index is 0.0263. The first-order valence-electron chi connectivity index (χ1n) is 13.8. The van der Waals surface area contributed by atoms with Crippen molar-refractivity contribution in [2.45, 2.75) is 89.4 Å². The molecule has 2 aliphatic heterocycles. The van der Waals surface area contributed by atoms with Gasteiger partial charge in [0, 0.05) is 33.7 Å². The van der Waals surface area contributed by atoms with E-state index < -0.39 is 24.0 Å². The van der Waals surface area contributed by atoms with Crippen molar-refractivity contribution in [2.75, 3.05) is 12.0 Å². The summed E-state index contributed by atoms with van der Waals surface area (Å²) >= 11 is 12.2. The van der Waals surface area contributed by atoms with Crippen LogP contribution in [0.25, 0.3) is 0 Å². The summed E-state index contributed by atoms with van der Waals surface area (Å²) in [6, 6.07) is 4.45. The first kappa shape index (κ1) is 30.0. The van der Waals surface area contributed by atoms with Gasteiger partial charge in [-0.25, -0.2) is 4.39 Å². The van der Waals surface area contributed by atoms with Crippen LogP contribution in [0, 0.1) is 17.3 Å².